The van der Waals surface area contributed by atoms with E-state index < -0.39 is 0 Å². The Balaban J connectivity index is 2.16. The van der Waals surface area contributed by atoms with Gasteiger partial charge in [0.15, 0.2) is 0 Å². The average Bonchev–Trinajstić information content (AvgIpc) is 2.45. The smallest absolute Gasteiger partial charge is 0.141 e. The van der Waals surface area contributed by atoms with Gasteiger partial charge < -0.3 is 15.0 Å². The van der Waals surface area contributed by atoms with Crippen LogP contribution in [0.4, 0.5) is 10.2 Å². The predicted molar refractivity (Wildman–Crippen MR) is 78.4 cm³/mol. The van der Waals surface area contributed by atoms with Gasteiger partial charge in [-0.1, -0.05) is 13.8 Å². The standard InChI is InChI=1S/C15H24FN3O/c1-11(2)17-8-12-7-13(16)9-18-15(12)19-6-4-5-14(10-19)20-3/h7,9,11,14,17H,4-6,8,10H2,1-3H3. The molecule has 1 aliphatic heterocycles. The molecule has 2 heterocycles. The van der Waals surface area contributed by atoms with E-state index in [1.807, 2.05) is 0 Å². The van der Waals surface area contributed by atoms with E-state index in [9.17, 15) is 4.39 Å². The number of hydrogen-bond acceptors (Lipinski definition) is 4. The van der Waals surface area contributed by atoms with Gasteiger partial charge in [-0.3, -0.25) is 0 Å². The number of hydrogen-bond donors (Lipinski definition) is 1. The molecule has 2 rings (SSSR count). The molecular formula is C15H24FN3O. The summed E-state index contributed by atoms with van der Waals surface area (Å²) in [7, 11) is 1.74. The Hall–Kier alpha value is -1.20. The van der Waals surface area contributed by atoms with Gasteiger partial charge in [0.05, 0.1) is 12.3 Å². The van der Waals surface area contributed by atoms with E-state index >= 15 is 0 Å². The summed E-state index contributed by atoms with van der Waals surface area (Å²) in [5, 5.41) is 3.33. The zero-order valence-corrected chi connectivity index (χ0v) is 12.5. The van der Waals surface area contributed by atoms with Gasteiger partial charge in [0, 0.05) is 38.3 Å². The Morgan fingerprint density at radius 3 is 3.05 bits per heavy atom. The van der Waals surface area contributed by atoms with Crippen molar-refractivity contribution in [3.05, 3.63) is 23.6 Å². The van der Waals surface area contributed by atoms with Gasteiger partial charge in [-0.15, -0.1) is 0 Å². The first-order chi connectivity index (χ1) is 9.60. The van der Waals surface area contributed by atoms with Crippen LogP contribution in [-0.4, -0.2) is 37.3 Å². The molecular weight excluding hydrogens is 257 g/mol. The van der Waals surface area contributed by atoms with E-state index in [4.69, 9.17) is 4.74 Å². The summed E-state index contributed by atoms with van der Waals surface area (Å²) in [4.78, 5) is 6.51. The first-order valence-electron chi connectivity index (χ1n) is 7.25. The summed E-state index contributed by atoms with van der Waals surface area (Å²) in [5.74, 6) is 0.593. The fraction of sp³-hybridized carbons (Fsp3) is 0.667. The van der Waals surface area contributed by atoms with E-state index in [1.54, 1.807) is 13.2 Å². The highest BCUT2D eigenvalue weighted by Crippen LogP contribution is 2.23. The van der Waals surface area contributed by atoms with Crippen molar-refractivity contribution in [1.82, 2.24) is 10.3 Å². The van der Waals surface area contributed by atoms with Crippen LogP contribution < -0.4 is 10.2 Å². The minimum absolute atomic E-state index is 0.238. The molecule has 0 saturated carbocycles. The molecule has 1 atom stereocenters. The highest BCUT2D eigenvalue weighted by Gasteiger charge is 2.22. The van der Waals surface area contributed by atoms with Crippen LogP contribution in [0.3, 0.4) is 0 Å². The fourth-order valence-corrected chi connectivity index (χ4v) is 2.53. The molecule has 1 aromatic heterocycles. The Kier molecular flexibility index (Phi) is 5.31. The lowest BCUT2D eigenvalue weighted by molar-refractivity contribution is 0.0891. The minimum atomic E-state index is -0.283. The molecule has 1 aliphatic rings. The molecule has 112 valence electrons. The summed E-state index contributed by atoms with van der Waals surface area (Å²) in [6, 6.07) is 1.94. The number of nitrogens with zero attached hydrogens (tertiary/aromatic N) is 2. The van der Waals surface area contributed by atoms with Gasteiger partial charge in [-0.2, -0.15) is 0 Å². The van der Waals surface area contributed by atoms with Crippen LogP contribution in [0.15, 0.2) is 12.3 Å². The first kappa shape index (κ1) is 15.2. The van der Waals surface area contributed by atoms with Gasteiger partial charge in [0.1, 0.15) is 11.6 Å². The van der Waals surface area contributed by atoms with Gasteiger partial charge in [0.2, 0.25) is 0 Å². The molecule has 0 spiro atoms. The number of rotatable bonds is 5. The number of ether oxygens (including phenoxy) is 1. The maximum atomic E-state index is 13.4. The highest BCUT2D eigenvalue weighted by atomic mass is 19.1. The van der Waals surface area contributed by atoms with Crippen LogP contribution in [-0.2, 0) is 11.3 Å². The molecule has 0 aromatic carbocycles. The van der Waals surface area contributed by atoms with E-state index in [-0.39, 0.29) is 11.9 Å². The van der Waals surface area contributed by atoms with Crippen LogP contribution in [0.5, 0.6) is 0 Å². The van der Waals surface area contributed by atoms with Crippen LogP contribution in [0.1, 0.15) is 32.3 Å². The lowest BCUT2D eigenvalue weighted by Crippen LogP contribution is -2.40. The topological polar surface area (TPSA) is 37.4 Å². The van der Waals surface area contributed by atoms with Gasteiger partial charge in [-0.05, 0) is 18.9 Å². The fourth-order valence-electron chi connectivity index (χ4n) is 2.53. The minimum Gasteiger partial charge on any atom is -0.380 e. The van der Waals surface area contributed by atoms with E-state index in [1.165, 1.54) is 6.20 Å². The maximum Gasteiger partial charge on any atom is 0.141 e. The van der Waals surface area contributed by atoms with E-state index in [0.29, 0.717) is 12.6 Å². The molecule has 0 aliphatic carbocycles. The van der Waals surface area contributed by atoms with Crippen molar-refractivity contribution in [3.8, 4) is 0 Å². The molecule has 20 heavy (non-hydrogen) atoms. The second kappa shape index (κ2) is 6.99. The molecule has 1 aromatic rings. The molecule has 1 fully saturated rings. The average molecular weight is 281 g/mol. The monoisotopic (exact) mass is 281 g/mol. The van der Waals surface area contributed by atoms with Gasteiger partial charge in [-0.25, -0.2) is 9.37 Å². The molecule has 0 bridgehead atoms. The highest BCUT2D eigenvalue weighted by molar-refractivity contribution is 5.47. The molecule has 4 nitrogen and oxygen atoms in total. The maximum absolute atomic E-state index is 13.4. The Morgan fingerprint density at radius 1 is 1.55 bits per heavy atom. The third-order valence-electron chi connectivity index (χ3n) is 3.62. The predicted octanol–water partition coefficient (Wildman–Crippen LogP) is 2.33. The quantitative estimate of drug-likeness (QED) is 0.899. The number of pyridine rings is 1. The third kappa shape index (κ3) is 3.90. The molecule has 1 N–H and O–H groups in total. The zero-order valence-electron chi connectivity index (χ0n) is 12.5. The Bertz CT molecular complexity index is 439. The summed E-state index contributed by atoms with van der Waals surface area (Å²) in [6.07, 6.45) is 3.69. The summed E-state index contributed by atoms with van der Waals surface area (Å²) >= 11 is 0. The van der Waals surface area contributed by atoms with Crippen molar-refractivity contribution < 1.29 is 9.13 Å². The third-order valence-corrected chi connectivity index (χ3v) is 3.62. The number of anilines is 1. The molecule has 0 radical (unpaired) electrons. The van der Waals surface area contributed by atoms with Crippen LogP contribution in [0.2, 0.25) is 0 Å². The Labute approximate surface area is 120 Å². The largest absolute Gasteiger partial charge is 0.380 e. The van der Waals surface area contributed by atoms with Gasteiger partial charge >= 0.3 is 0 Å². The van der Waals surface area contributed by atoms with Crippen molar-refractivity contribution in [2.24, 2.45) is 0 Å². The van der Waals surface area contributed by atoms with Crippen LogP contribution in [0, 0.1) is 5.82 Å². The lowest BCUT2D eigenvalue weighted by atomic mass is 10.1. The van der Waals surface area contributed by atoms with Crippen LogP contribution >= 0.6 is 0 Å². The number of piperidine rings is 1. The summed E-state index contributed by atoms with van der Waals surface area (Å²) in [5.41, 5.74) is 0.912. The second-order valence-corrected chi connectivity index (χ2v) is 5.62. The first-order valence-corrected chi connectivity index (χ1v) is 7.25. The summed E-state index contributed by atoms with van der Waals surface area (Å²) < 4.78 is 18.9. The molecule has 5 heteroatoms. The van der Waals surface area contributed by atoms with Crippen molar-refractivity contribution >= 4 is 5.82 Å². The SMILES string of the molecule is COC1CCCN(c2ncc(F)cc2CNC(C)C)C1. The van der Waals surface area contributed by atoms with E-state index in [2.05, 4.69) is 29.0 Å². The lowest BCUT2D eigenvalue weighted by Gasteiger charge is -2.34. The Morgan fingerprint density at radius 2 is 2.35 bits per heavy atom. The number of methoxy groups -OCH3 is 1. The van der Waals surface area contributed by atoms with Crippen molar-refractivity contribution in [2.45, 2.75) is 45.4 Å². The number of halogens is 1. The second-order valence-electron chi connectivity index (χ2n) is 5.62. The molecule has 1 saturated heterocycles. The van der Waals surface area contributed by atoms with Crippen molar-refractivity contribution in [1.29, 1.82) is 0 Å². The van der Waals surface area contributed by atoms with Crippen molar-refractivity contribution in [3.63, 3.8) is 0 Å². The normalized spacial score (nSPS) is 19.6. The number of aromatic nitrogens is 1. The number of nitrogens with one attached hydrogen (secondary N) is 1. The summed E-state index contributed by atoms with van der Waals surface area (Å²) in [6.45, 7) is 6.56. The molecule has 1 unspecified atom stereocenters. The zero-order chi connectivity index (χ0) is 14.5. The molecule has 0 amide bonds. The van der Waals surface area contributed by atoms with Crippen molar-refractivity contribution in [2.75, 3.05) is 25.1 Å². The van der Waals surface area contributed by atoms with E-state index in [0.717, 1.165) is 37.3 Å². The van der Waals surface area contributed by atoms with Gasteiger partial charge in [0.25, 0.3) is 0 Å². The van der Waals surface area contributed by atoms with Crippen LogP contribution in [0.25, 0.3) is 0 Å².